The molecule has 2 aromatic carbocycles. The number of hydrogen-bond donors (Lipinski definition) is 2. The van der Waals surface area contributed by atoms with Gasteiger partial charge >= 0.3 is 0 Å². The quantitative estimate of drug-likeness (QED) is 0.912. The molecule has 2 N–H and O–H groups in total. The lowest BCUT2D eigenvalue weighted by atomic mass is 10.1. The predicted molar refractivity (Wildman–Crippen MR) is 84.2 cm³/mol. The third-order valence-electron chi connectivity index (χ3n) is 3.64. The first-order chi connectivity index (χ1) is 10.3. The van der Waals surface area contributed by atoms with Crippen LogP contribution in [0.15, 0.2) is 59.5 Å². The van der Waals surface area contributed by atoms with Gasteiger partial charge in [-0.2, -0.15) is 0 Å². The highest BCUT2D eigenvalue weighted by molar-refractivity contribution is 8.01. The number of benzene rings is 2. The number of carbonyl (C=O) groups is 1. The molecule has 0 aliphatic carbocycles. The van der Waals surface area contributed by atoms with E-state index >= 15 is 0 Å². The van der Waals surface area contributed by atoms with Crippen molar-refractivity contribution in [1.29, 1.82) is 0 Å². The van der Waals surface area contributed by atoms with Crippen molar-refractivity contribution in [3.63, 3.8) is 0 Å². The first-order valence-electron chi connectivity index (χ1n) is 6.98. The largest absolute Gasteiger partial charge is 0.394 e. The van der Waals surface area contributed by atoms with Crippen molar-refractivity contribution < 1.29 is 9.90 Å². The van der Waals surface area contributed by atoms with Gasteiger partial charge in [0, 0.05) is 4.90 Å². The van der Waals surface area contributed by atoms with Gasteiger partial charge in [-0.25, -0.2) is 0 Å². The fourth-order valence-corrected chi connectivity index (χ4v) is 3.72. The molecule has 0 fully saturated rings. The molecule has 3 rings (SSSR count). The second-order valence-electron chi connectivity index (χ2n) is 5.07. The highest BCUT2D eigenvalue weighted by Gasteiger charge is 2.29. The summed E-state index contributed by atoms with van der Waals surface area (Å²) in [6.07, 6.45) is 0.750. The Morgan fingerprint density at radius 3 is 2.62 bits per heavy atom. The monoisotopic (exact) mass is 299 g/mol. The molecule has 0 aromatic heterocycles. The van der Waals surface area contributed by atoms with Gasteiger partial charge in [0.1, 0.15) is 0 Å². The Morgan fingerprint density at radius 1 is 1.19 bits per heavy atom. The Morgan fingerprint density at radius 2 is 1.90 bits per heavy atom. The number of fused-ring (bicyclic) bond motifs is 1. The van der Waals surface area contributed by atoms with Crippen molar-refractivity contribution in [2.75, 3.05) is 6.61 Å². The zero-order valence-corrected chi connectivity index (χ0v) is 12.3. The van der Waals surface area contributed by atoms with Crippen LogP contribution in [0.2, 0.25) is 0 Å². The molecular weight excluding hydrogens is 282 g/mol. The maximum atomic E-state index is 12.4. The van der Waals surface area contributed by atoms with Crippen LogP contribution < -0.4 is 5.32 Å². The highest BCUT2D eigenvalue weighted by Crippen LogP contribution is 2.37. The molecule has 2 atom stereocenters. The van der Waals surface area contributed by atoms with Crippen LogP contribution in [0.4, 0.5) is 0 Å². The topological polar surface area (TPSA) is 49.3 Å². The summed E-state index contributed by atoms with van der Waals surface area (Å²) in [6.45, 7) is -0.0971. The molecule has 1 aliphatic rings. The smallest absolute Gasteiger partial charge is 0.234 e. The number of carbonyl (C=O) groups excluding carboxylic acids is 1. The number of aliphatic hydroxyl groups is 1. The van der Waals surface area contributed by atoms with Crippen LogP contribution in [0.3, 0.4) is 0 Å². The molecule has 1 heterocycles. The second kappa shape index (κ2) is 6.33. The fraction of sp³-hybridized carbons (Fsp3) is 0.235. The minimum atomic E-state index is -0.344. The van der Waals surface area contributed by atoms with Gasteiger partial charge in [-0.1, -0.05) is 48.5 Å². The number of hydrogen-bond acceptors (Lipinski definition) is 3. The summed E-state index contributed by atoms with van der Waals surface area (Å²) in [4.78, 5) is 13.6. The third kappa shape index (κ3) is 3.12. The van der Waals surface area contributed by atoms with Gasteiger partial charge in [0.05, 0.1) is 17.9 Å². The Kier molecular flexibility index (Phi) is 4.27. The van der Waals surface area contributed by atoms with Gasteiger partial charge in [0.15, 0.2) is 0 Å². The first-order valence-corrected chi connectivity index (χ1v) is 7.86. The maximum Gasteiger partial charge on any atom is 0.234 e. The number of amides is 1. The minimum absolute atomic E-state index is 0.0147. The van der Waals surface area contributed by atoms with Crippen molar-refractivity contribution >= 4 is 17.7 Å². The molecule has 21 heavy (non-hydrogen) atoms. The average molecular weight is 299 g/mol. The number of rotatable bonds is 4. The van der Waals surface area contributed by atoms with E-state index in [-0.39, 0.29) is 23.8 Å². The second-order valence-corrected chi connectivity index (χ2v) is 6.32. The van der Waals surface area contributed by atoms with Crippen LogP contribution >= 0.6 is 11.8 Å². The molecule has 0 saturated carbocycles. The first kappa shape index (κ1) is 14.2. The van der Waals surface area contributed by atoms with Gasteiger partial charge < -0.3 is 10.4 Å². The molecule has 0 bridgehead atoms. The zero-order valence-electron chi connectivity index (χ0n) is 11.5. The van der Waals surface area contributed by atoms with Crippen LogP contribution in [-0.4, -0.2) is 22.9 Å². The minimum Gasteiger partial charge on any atom is -0.394 e. The molecule has 0 saturated heterocycles. The predicted octanol–water partition coefficient (Wildman–Crippen LogP) is 2.55. The molecule has 2 aromatic rings. The molecule has 108 valence electrons. The summed E-state index contributed by atoms with van der Waals surface area (Å²) in [5, 5.41) is 12.4. The van der Waals surface area contributed by atoms with Gasteiger partial charge in [0.25, 0.3) is 0 Å². The fourth-order valence-electron chi connectivity index (χ4n) is 2.51. The van der Waals surface area contributed by atoms with E-state index in [9.17, 15) is 9.90 Å². The van der Waals surface area contributed by atoms with Crippen LogP contribution in [0, 0.1) is 0 Å². The summed E-state index contributed by atoms with van der Waals surface area (Å²) in [5.41, 5.74) is 2.15. The van der Waals surface area contributed by atoms with Crippen molar-refractivity contribution in [3.8, 4) is 0 Å². The number of thioether (sulfide) groups is 1. The average Bonchev–Trinajstić information content (AvgIpc) is 2.97. The SMILES string of the molecule is O=C(N[C@H](CO)c1ccccc1)C1Cc2ccccc2S1. The van der Waals surface area contributed by atoms with Crippen molar-refractivity contribution in [3.05, 3.63) is 65.7 Å². The highest BCUT2D eigenvalue weighted by atomic mass is 32.2. The third-order valence-corrected chi connectivity index (χ3v) is 4.96. The van der Waals surface area contributed by atoms with Gasteiger partial charge in [0.2, 0.25) is 5.91 Å². The van der Waals surface area contributed by atoms with E-state index in [1.165, 1.54) is 10.5 Å². The van der Waals surface area contributed by atoms with Crippen LogP contribution in [-0.2, 0) is 11.2 Å². The molecule has 0 radical (unpaired) electrons. The van der Waals surface area contributed by atoms with E-state index < -0.39 is 0 Å². The number of aliphatic hydroxyl groups excluding tert-OH is 1. The molecule has 1 amide bonds. The summed E-state index contributed by atoms with van der Waals surface area (Å²) >= 11 is 1.60. The Bertz CT molecular complexity index is 605. The molecule has 0 spiro atoms. The van der Waals surface area contributed by atoms with Crippen LogP contribution in [0.25, 0.3) is 0 Å². The Hall–Kier alpha value is -1.78. The van der Waals surface area contributed by atoms with Crippen LogP contribution in [0.5, 0.6) is 0 Å². The van der Waals surface area contributed by atoms with E-state index in [0.29, 0.717) is 0 Å². The molecule has 1 aliphatic heterocycles. The number of nitrogens with one attached hydrogen (secondary N) is 1. The Labute approximate surface area is 128 Å². The lowest BCUT2D eigenvalue weighted by Gasteiger charge is -2.19. The lowest BCUT2D eigenvalue weighted by Crippen LogP contribution is -2.37. The maximum absolute atomic E-state index is 12.4. The van der Waals surface area contributed by atoms with Gasteiger partial charge in [-0.15, -0.1) is 11.8 Å². The Balaban J connectivity index is 1.67. The van der Waals surface area contributed by atoms with E-state index in [0.717, 1.165) is 12.0 Å². The van der Waals surface area contributed by atoms with Crippen LogP contribution in [0.1, 0.15) is 17.2 Å². The summed E-state index contributed by atoms with van der Waals surface area (Å²) in [7, 11) is 0. The molecule has 1 unspecified atom stereocenters. The van der Waals surface area contributed by atoms with E-state index in [4.69, 9.17) is 0 Å². The lowest BCUT2D eigenvalue weighted by molar-refractivity contribution is -0.121. The molecule has 4 heteroatoms. The summed E-state index contributed by atoms with van der Waals surface area (Å²) < 4.78 is 0. The van der Waals surface area contributed by atoms with E-state index in [2.05, 4.69) is 11.4 Å². The normalized spacial score (nSPS) is 18.0. The van der Waals surface area contributed by atoms with E-state index in [1.807, 2.05) is 48.5 Å². The molecule has 3 nitrogen and oxygen atoms in total. The summed E-state index contributed by atoms with van der Waals surface area (Å²) in [6, 6.07) is 17.3. The molecular formula is C17H17NO2S. The zero-order chi connectivity index (χ0) is 14.7. The van der Waals surface area contributed by atoms with Gasteiger partial charge in [-0.05, 0) is 23.6 Å². The van der Waals surface area contributed by atoms with Crippen molar-refractivity contribution in [2.45, 2.75) is 22.6 Å². The van der Waals surface area contributed by atoms with Crippen molar-refractivity contribution in [2.24, 2.45) is 0 Å². The van der Waals surface area contributed by atoms with Gasteiger partial charge in [-0.3, -0.25) is 4.79 Å². The van der Waals surface area contributed by atoms with E-state index in [1.54, 1.807) is 11.8 Å². The standard InChI is InChI=1S/C17H17NO2S/c19-11-14(12-6-2-1-3-7-12)18-17(20)16-10-13-8-4-5-9-15(13)21-16/h1-9,14,16,19H,10-11H2,(H,18,20)/t14-,16?/m1/s1. The summed E-state index contributed by atoms with van der Waals surface area (Å²) in [5.74, 6) is -0.0147. The van der Waals surface area contributed by atoms with Crippen molar-refractivity contribution in [1.82, 2.24) is 5.32 Å².